The van der Waals surface area contributed by atoms with Crippen molar-refractivity contribution < 1.29 is 22.5 Å². The molecule has 0 aromatic heterocycles. The summed E-state index contributed by atoms with van der Waals surface area (Å²) in [5.41, 5.74) is 1.88. The monoisotopic (exact) mass is 471 g/mol. The number of nitrogens with one attached hydrogen (secondary N) is 1. The number of ether oxygens (including phenoxy) is 1. The van der Waals surface area contributed by atoms with Crippen LogP contribution in [0.1, 0.15) is 67.8 Å². The Balaban J connectivity index is 1.32. The molecule has 0 amide bonds. The van der Waals surface area contributed by atoms with E-state index in [2.05, 4.69) is 18.7 Å². The molecule has 0 atom stereocenters. The maximum Gasteiger partial charge on any atom is 0.282 e. The highest BCUT2D eigenvalue weighted by Crippen LogP contribution is 2.33. The van der Waals surface area contributed by atoms with E-state index in [-0.39, 0.29) is 11.7 Å². The number of sulfonamides is 1. The van der Waals surface area contributed by atoms with Crippen LogP contribution in [0.15, 0.2) is 53.4 Å². The van der Waals surface area contributed by atoms with Crippen LogP contribution in [0.3, 0.4) is 0 Å². The van der Waals surface area contributed by atoms with Crippen LogP contribution in [-0.4, -0.2) is 45.0 Å². The molecular formula is C26H35N2O4S+. The van der Waals surface area contributed by atoms with Gasteiger partial charge in [0, 0.05) is 30.7 Å². The third kappa shape index (κ3) is 6.02. The molecule has 0 unspecified atom stereocenters. The Morgan fingerprint density at radius 3 is 2.24 bits per heavy atom. The van der Waals surface area contributed by atoms with Gasteiger partial charge in [0.2, 0.25) is 0 Å². The number of hydrogen-bond acceptors (Lipinski definition) is 4. The Bertz CT molecular complexity index is 1050. The zero-order valence-electron chi connectivity index (χ0n) is 19.6. The maximum atomic E-state index is 13.1. The molecule has 33 heavy (non-hydrogen) atoms. The number of carbonyl (C=O) groups is 1. The molecule has 0 radical (unpaired) electrons. The van der Waals surface area contributed by atoms with Gasteiger partial charge in [-0.2, -0.15) is 0 Å². The first-order valence-electron chi connectivity index (χ1n) is 12.1. The van der Waals surface area contributed by atoms with Gasteiger partial charge in [0.1, 0.15) is 12.3 Å². The van der Waals surface area contributed by atoms with Gasteiger partial charge in [0.25, 0.3) is 10.0 Å². The third-order valence-electron chi connectivity index (χ3n) is 6.68. The summed E-state index contributed by atoms with van der Waals surface area (Å²) < 4.78 is 32.4. The Kier molecular flexibility index (Phi) is 7.22. The Labute approximate surface area is 197 Å². The molecule has 7 heteroatoms. The highest BCUT2D eigenvalue weighted by Gasteiger charge is 2.37. The molecule has 1 aliphatic heterocycles. The van der Waals surface area contributed by atoms with Crippen LogP contribution in [-0.2, 0) is 10.0 Å². The normalized spacial score (nSPS) is 17.9. The first-order chi connectivity index (χ1) is 15.8. The number of hydrogen-bond donors (Lipinski definition) is 1. The molecular weight excluding hydrogens is 436 g/mol. The van der Waals surface area contributed by atoms with Crippen molar-refractivity contribution in [2.75, 3.05) is 26.2 Å². The SMILES string of the molecule is CC(C)c1ccc(S(=O)(=O)N[N+]2(CCCOc3ccc(C(=O)C4CC4)cc3)CCCC2)cc1. The molecule has 6 nitrogen and oxygen atoms in total. The van der Waals surface area contributed by atoms with Gasteiger partial charge in [0.05, 0.1) is 24.6 Å². The predicted molar refractivity (Wildman–Crippen MR) is 129 cm³/mol. The summed E-state index contributed by atoms with van der Waals surface area (Å²) in [5.74, 6) is 1.55. The molecule has 2 aliphatic rings. The summed E-state index contributed by atoms with van der Waals surface area (Å²) >= 11 is 0. The number of quaternary nitrogens is 1. The van der Waals surface area contributed by atoms with Crippen molar-refractivity contribution in [2.45, 2.75) is 56.8 Å². The lowest BCUT2D eigenvalue weighted by Crippen LogP contribution is -2.58. The largest absolute Gasteiger partial charge is 0.493 e. The Morgan fingerprint density at radius 1 is 1.03 bits per heavy atom. The van der Waals surface area contributed by atoms with Gasteiger partial charge in [-0.1, -0.05) is 30.8 Å². The average Bonchev–Trinajstić information content (AvgIpc) is 3.56. The van der Waals surface area contributed by atoms with Gasteiger partial charge in [-0.25, -0.2) is 13.0 Å². The Hall–Kier alpha value is -2.22. The van der Waals surface area contributed by atoms with Crippen molar-refractivity contribution in [3.63, 3.8) is 0 Å². The highest BCUT2D eigenvalue weighted by atomic mass is 32.2. The zero-order valence-corrected chi connectivity index (χ0v) is 20.4. The molecule has 0 spiro atoms. The molecule has 1 heterocycles. The average molecular weight is 472 g/mol. The predicted octanol–water partition coefficient (Wildman–Crippen LogP) is 4.68. The summed E-state index contributed by atoms with van der Waals surface area (Å²) in [4.78, 5) is 15.4. The second kappa shape index (κ2) is 9.95. The molecule has 1 saturated carbocycles. The van der Waals surface area contributed by atoms with E-state index in [1.54, 1.807) is 12.1 Å². The summed E-state index contributed by atoms with van der Waals surface area (Å²) in [6.45, 7) is 6.96. The van der Waals surface area contributed by atoms with Gasteiger partial charge in [-0.3, -0.25) is 4.79 Å². The number of Topliss-reactive ketones (excluding diaryl/α,β-unsaturated/α-hetero) is 1. The van der Waals surface area contributed by atoms with Crippen molar-refractivity contribution >= 4 is 15.8 Å². The number of likely N-dealkylation sites (tertiary alicyclic amines) is 1. The quantitative estimate of drug-likeness (QED) is 0.294. The lowest BCUT2D eigenvalue weighted by molar-refractivity contribution is -0.945. The van der Waals surface area contributed by atoms with Gasteiger partial charge < -0.3 is 4.74 Å². The standard InChI is InChI=1S/C26H35N2O4S/c1-20(2)21-10-14-25(15-11-21)33(30,31)27-28(16-3-4-17-28)18-5-19-32-24-12-8-23(9-13-24)26(29)22-6-7-22/h8-15,20,22,27H,3-7,16-19H2,1-2H3/q+1. The molecule has 0 bridgehead atoms. The third-order valence-corrected chi connectivity index (χ3v) is 8.20. The van der Waals surface area contributed by atoms with Crippen LogP contribution in [0.4, 0.5) is 0 Å². The van der Waals surface area contributed by atoms with E-state index in [0.29, 0.717) is 28.6 Å². The molecule has 1 aliphatic carbocycles. The van der Waals surface area contributed by atoms with Crippen molar-refractivity contribution in [3.8, 4) is 5.75 Å². The minimum atomic E-state index is -3.60. The van der Waals surface area contributed by atoms with Crippen LogP contribution in [0.25, 0.3) is 0 Å². The number of carbonyl (C=O) groups excluding carboxylic acids is 1. The lowest BCUT2D eigenvalue weighted by Gasteiger charge is -2.33. The smallest absolute Gasteiger partial charge is 0.282 e. The van der Waals surface area contributed by atoms with Crippen LogP contribution < -0.4 is 9.57 Å². The first kappa shape index (κ1) is 23.9. The van der Waals surface area contributed by atoms with Crippen molar-refractivity contribution in [1.29, 1.82) is 0 Å². The van der Waals surface area contributed by atoms with Crippen molar-refractivity contribution in [1.82, 2.24) is 4.83 Å². The minimum absolute atomic E-state index is 0.217. The van der Waals surface area contributed by atoms with Crippen molar-refractivity contribution in [3.05, 3.63) is 59.7 Å². The van der Waals surface area contributed by atoms with E-state index in [1.165, 1.54) is 0 Å². The van der Waals surface area contributed by atoms with E-state index in [4.69, 9.17) is 4.74 Å². The zero-order chi connectivity index (χ0) is 23.5. The summed E-state index contributed by atoms with van der Waals surface area (Å²) in [5, 5.41) is 0. The van der Waals surface area contributed by atoms with E-state index >= 15 is 0 Å². The molecule has 1 N–H and O–H groups in total. The minimum Gasteiger partial charge on any atom is -0.493 e. The van der Waals surface area contributed by atoms with Gasteiger partial charge in [-0.15, -0.1) is 0 Å². The molecule has 178 valence electrons. The van der Waals surface area contributed by atoms with E-state index < -0.39 is 10.0 Å². The van der Waals surface area contributed by atoms with Gasteiger partial charge in [-0.05, 0) is 60.7 Å². The second-order valence-corrected chi connectivity index (χ2v) is 11.4. The van der Waals surface area contributed by atoms with Gasteiger partial charge >= 0.3 is 0 Å². The second-order valence-electron chi connectivity index (χ2n) is 9.71. The fourth-order valence-corrected chi connectivity index (χ4v) is 5.88. The summed E-state index contributed by atoms with van der Waals surface area (Å²) in [6, 6.07) is 14.6. The number of nitrogens with zero attached hydrogens (tertiary/aromatic N) is 1. The number of rotatable bonds is 11. The lowest BCUT2D eigenvalue weighted by atomic mass is 10.0. The van der Waals surface area contributed by atoms with Crippen LogP contribution >= 0.6 is 0 Å². The van der Waals surface area contributed by atoms with Crippen LogP contribution in [0.2, 0.25) is 0 Å². The molecule has 2 fully saturated rings. The highest BCUT2D eigenvalue weighted by molar-refractivity contribution is 7.89. The number of ketones is 1. The molecule has 4 rings (SSSR count). The summed E-state index contributed by atoms with van der Waals surface area (Å²) in [6.07, 6.45) is 4.75. The molecule has 2 aromatic rings. The van der Waals surface area contributed by atoms with Crippen LogP contribution in [0.5, 0.6) is 5.75 Å². The summed E-state index contributed by atoms with van der Waals surface area (Å²) in [7, 11) is -3.60. The molecule has 2 aromatic carbocycles. The van der Waals surface area contributed by atoms with E-state index in [1.807, 2.05) is 36.4 Å². The van der Waals surface area contributed by atoms with Crippen LogP contribution in [0, 0.1) is 5.92 Å². The topological polar surface area (TPSA) is 72.5 Å². The maximum absolute atomic E-state index is 13.1. The number of benzene rings is 2. The fraction of sp³-hybridized carbons (Fsp3) is 0.500. The fourth-order valence-electron chi connectivity index (χ4n) is 4.49. The van der Waals surface area contributed by atoms with E-state index in [9.17, 15) is 13.2 Å². The van der Waals surface area contributed by atoms with Gasteiger partial charge in [0.15, 0.2) is 5.78 Å². The Morgan fingerprint density at radius 2 is 1.67 bits per heavy atom. The van der Waals surface area contributed by atoms with Crippen molar-refractivity contribution in [2.24, 2.45) is 5.92 Å². The van der Waals surface area contributed by atoms with E-state index in [0.717, 1.165) is 62.1 Å². The first-order valence-corrected chi connectivity index (χ1v) is 13.5. The molecule has 1 saturated heterocycles.